The zero-order chi connectivity index (χ0) is 18.6. The van der Waals surface area contributed by atoms with Crippen LogP contribution >= 0.6 is 11.3 Å². The van der Waals surface area contributed by atoms with E-state index in [0.29, 0.717) is 10.7 Å². The van der Waals surface area contributed by atoms with Gasteiger partial charge < -0.3 is 4.42 Å². The number of hydrogen-bond acceptors (Lipinski definition) is 7. The zero-order valence-electron chi connectivity index (χ0n) is 14.0. The molecule has 7 nitrogen and oxygen atoms in total. The molecule has 0 aliphatic carbocycles. The van der Waals surface area contributed by atoms with Gasteiger partial charge in [-0.2, -0.15) is 0 Å². The number of hydrogen-bond donors (Lipinski definition) is 1. The summed E-state index contributed by atoms with van der Waals surface area (Å²) in [7, 11) is -3.58. The number of nitrogens with zero attached hydrogens (tertiary/aromatic N) is 2. The van der Waals surface area contributed by atoms with Gasteiger partial charge in [-0.15, -0.1) is 10.2 Å². The Balaban J connectivity index is 1.76. The second kappa shape index (κ2) is 7.79. The van der Waals surface area contributed by atoms with Gasteiger partial charge in [0.1, 0.15) is 5.01 Å². The minimum Gasteiger partial charge on any atom is -0.459 e. The van der Waals surface area contributed by atoms with Crippen LogP contribution in [-0.2, 0) is 22.0 Å². The first-order valence-corrected chi connectivity index (χ1v) is 10.4. The van der Waals surface area contributed by atoms with Gasteiger partial charge in [-0.05, 0) is 24.6 Å². The van der Waals surface area contributed by atoms with E-state index in [-0.39, 0.29) is 16.4 Å². The molecule has 0 bridgehead atoms. The van der Waals surface area contributed by atoms with Gasteiger partial charge in [0, 0.05) is 12.0 Å². The normalized spacial score (nSPS) is 11.4. The molecule has 0 saturated heterocycles. The van der Waals surface area contributed by atoms with Crippen LogP contribution in [-0.4, -0.2) is 24.5 Å². The summed E-state index contributed by atoms with van der Waals surface area (Å²) < 4.78 is 30.2. The topological polar surface area (TPSA) is 102 Å². The van der Waals surface area contributed by atoms with Gasteiger partial charge in [-0.1, -0.05) is 36.5 Å². The number of carbonyl (C=O) groups excluding carboxylic acids is 1. The highest BCUT2D eigenvalue weighted by atomic mass is 32.2. The van der Waals surface area contributed by atoms with Crippen LogP contribution in [0.25, 0.3) is 0 Å². The van der Waals surface area contributed by atoms with Crippen LogP contribution in [0.2, 0.25) is 0 Å². The molecule has 0 aliphatic rings. The zero-order valence-corrected chi connectivity index (χ0v) is 15.6. The predicted molar refractivity (Wildman–Crippen MR) is 97.9 cm³/mol. The second-order valence-electron chi connectivity index (χ2n) is 5.55. The largest absolute Gasteiger partial charge is 0.459 e. The maximum atomic E-state index is 12.5. The predicted octanol–water partition coefficient (Wildman–Crippen LogP) is 3.31. The molecule has 1 N–H and O–H groups in total. The van der Waals surface area contributed by atoms with Crippen LogP contribution in [0.5, 0.6) is 0 Å². The Labute approximate surface area is 155 Å². The number of furan rings is 1. The van der Waals surface area contributed by atoms with Crippen molar-refractivity contribution in [3.63, 3.8) is 0 Å². The second-order valence-corrected chi connectivity index (χ2v) is 8.60. The van der Waals surface area contributed by atoms with Gasteiger partial charge in [0.2, 0.25) is 5.13 Å². The number of aromatic nitrogens is 2. The molecule has 1 aromatic carbocycles. The van der Waals surface area contributed by atoms with Crippen LogP contribution < -0.4 is 5.32 Å². The highest BCUT2D eigenvalue weighted by molar-refractivity contribution is 7.90. The van der Waals surface area contributed by atoms with E-state index in [1.807, 2.05) is 6.92 Å². The molecule has 0 atom stereocenters. The average Bonchev–Trinajstić information content (AvgIpc) is 3.25. The molecule has 9 heteroatoms. The molecule has 0 saturated carbocycles. The number of rotatable bonds is 7. The lowest BCUT2D eigenvalue weighted by atomic mass is 10.3. The maximum Gasteiger partial charge on any atom is 0.293 e. The van der Waals surface area contributed by atoms with E-state index in [2.05, 4.69) is 15.5 Å². The summed E-state index contributed by atoms with van der Waals surface area (Å²) in [5.41, 5.74) is 0.296. The first-order chi connectivity index (χ1) is 12.5. The van der Waals surface area contributed by atoms with E-state index in [1.165, 1.54) is 35.8 Å². The lowest BCUT2D eigenvalue weighted by Crippen LogP contribution is -2.14. The quantitative estimate of drug-likeness (QED) is 0.663. The van der Waals surface area contributed by atoms with Crippen LogP contribution in [0.15, 0.2) is 52.0 Å². The number of nitrogens with one attached hydrogen (secondary N) is 1. The Bertz CT molecular complexity index is 994. The first kappa shape index (κ1) is 18.3. The Kier molecular flexibility index (Phi) is 5.48. The molecule has 0 aliphatic heterocycles. The van der Waals surface area contributed by atoms with Crippen molar-refractivity contribution in [2.45, 2.75) is 30.4 Å². The van der Waals surface area contributed by atoms with Crippen molar-refractivity contribution < 1.29 is 17.6 Å². The number of sulfone groups is 1. The fourth-order valence-corrected chi connectivity index (χ4v) is 4.55. The third kappa shape index (κ3) is 4.17. The van der Waals surface area contributed by atoms with Gasteiger partial charge >= 0.3 is 0 Å². The van der Waals surface area contributed by atoms with Crippen LogP contribution in [0, 0.1) is 0 Å². The van der Waals surface area contributed by atoms with Gasteiger partial charge in [-0.3, -0.25) is 10.1 Å². The summed E-state index contributed by atoms with van der Waals surface area (Å²) in [6.07, 6.45) is 3.02. The Morgan fingerprint density at radius 1 is 1.19 bits per heavy atom. The molecule has 0 fully saturated rings. The molecule has 3 rings (SSSR count). The lowest BCUT2D eigenvalue weighted by Gasteiger charge is -2.05. The monoisotopic (exact) mass is 391 g/mol. The fraction of sp³-hybridized carbons (Fsp3) is 0.235. The van der Waals surface area contributed by atoms with Crippen molar-refractivity contribution >= 4 is 32.2 Å². The number of benzene rings is 1. The molecule has 0 unspecified atom stereocenters. The van der Waals surface area contributed by atoms with Crippen molar-refractivity contribution in [3.05, 3.63) is 59.0 Å². The molecule has 2 aromatic heterocycles. The van der Waals surface area contributed by atoms with Gasteiger partial charge in [0.25, 0.3) is 5.91 Å². The molecule has 2 heterocycles. The first-order valence-electron chi connectivity index (χ1n) is 7.97. The number of amides is 1. The summed E-state index contributed by atoms with van der Waals surface area (Å²) >= 11 is 1.28. The summed E-state index contributed by atoms with van der Waals surface area (Å²) in [4.78, 5) is 12.6. The molecule has 26 heavy (non-hydrogen) atoms. The number of carbonyl (C=O) groups is 1. The minimum absolute atomic E-state index is 0.0447. The SMILES string of the molecule is CCCc1nnc(NC(=O)c2occc2CS(=O)(=O)c2ccccc2)s1. The van der Waals surface area contributed by atoms with Crippen molar-refractivity contribution in [2.24, 2.45) is 0 Å². The van der Waals surface area contributed by atoms with Crippen molar-refractivity contribution in [1.29, 1.82) is 0 Å². The Morgan fingerprint density at radius 3 is 2.69 bits per heavy atom. The Hall–Kier alpha value is -2.52. The van der Waals surface area contributed by atoms with Crippen LogP contribution in [0.1, 0.15) is 34.5 Å². The van der Waals surface area contributed by atoms with Crippen LogP contribution in [0.4, 0.5) is 5.13 Å². The molecule has 0 spiro atoms. The van der Waals surface area contributed by atoms with Crippen molar-refractivity contribution in [1.82, 2.24) is 10.2 Å². The summed E-state index contributed by atoms with van der Waals surface area (Å²) in [6, 6.07) is 9.57. The third-order valence-corrected chi connectivity index (χ3v) is 6.13. The summed E-state index contributed by atoms with van der Waals surface area (Å²) in [5, 5.41) is 11.7. The van der Waals surface area contributed by atoms with E-state index in [0.717, 1.165) is 17.8 Å². The lowest BCUT2D eigenvalue weighted by molar-refractivity contribution is 0.0995. The van der Waals surface area contributed by atoms with Crippen LogP contribution in [0.3, 0.4) is 0 Å². The van der Waals surface area contributed by atoms with Gasteiger partial charge in [-0.25, -0.2) is 8.42 Å². The molecule has 1 amide bonds. The standard InChI is InChI=1S/C17H17N3O4S2/c1-2-6-14-19-20-17(25-14)18-16(21)15-12(9-10-24-15)11-26(22,23)13-7-4-3-5-8-13/h3-5,7-10H,2,6,11H2,1H3,(H,18,20,21). The minimum atomic E-state index is -3.58. The van der Waals surface area contributed by atoms with E-state index in [4.69, 9.17) is 4.42 Å². The molecular formula is C17H17N3O4S2. The molecule has 0 radical (unpaired) electrons. The summed E-state index contributed by atoms with van der Waals surface area (Å²) in [5.74, 6) is -0.919. The van der Waals surface area contributed by atoms with Gasteiger partial charge in [0.05, 0.1) is 16.9 Å². The van der Waals surface area contributed by atoms with E-state index in [1.54, 1.807) is 18.2 Å². The van der Waals surface area contributed by atoms with E-state index in [9.17, 15) is 13.2 Å². The molecular weight excluding hydrogens is 374 g/mol. The number of aryl methyl sites for hydroxylation is 1. The molecule has 3 aromatic rings. The third-order valence-electron chi connectivity index (χ3n) is 3.55. The van der Waals surface area contributed by atoms with E-state index >= 15 is 0 Å². The maximum absolute atomic E-state index is 12.5. The highest BCUT2D eigenvalue weighted by Gasteiger charge is 2.23. The fourth-order valence-electron chi connectivity index (χ4n) is 2.34. The highest BCUT2D eigenvalue weighted by Crippen LogP contribution is 2.22. The molecule has 136 valence electrons. The number of anilines is 1. The Morgan fingerprint density at radius 2 is 1.96 bits per heavy atom. The smallest absolute Gasteiger partial charge is 0.293 e. The average molecular weight is 391 g/mol. The van der Waals surface area contributed by atoms with E-state index < -0.39 is 15.7 Å². The van der Waals surface area contributed by atoms with Gasteiger partial charge in [0.15, 0.2) is 15.6 Å². The summed E-state index contributed by atoms with van der Waals surface area (Å²) in [6.45, 7) is 2.03. The van der Waals surface area contributed by atoms with Crippen molar-refractivity contribution in [2.75, 3.05) is 5.32 Å². The van der Waals surface area contributed by atoms with Crippen molar-refractivity contribution in [3.8, 4) is 0 Å².